The van der Waals surface area contributed by atoms with Gasteiger partial charge >= 0.3 is 6.09 Å². The van der Waals surface area contributed by atoms with Crippen LogP contribution in [-0.2, 0) is 9.47 Å². The number of amides is 1. The monoisotopic (exact) mass is 285 g/mol. The van der Waals surface area contributed by atoms with Gasteiger partial charge in [-0.2, -0.15) is 0 Å². The Morgan fingerprint density at radius 3 is 2.50 bits per heavy atom. The quantitative estimate of drug-likeness (QED) is 0.810. The summed E-state index contributed by atoms with van der Waals surface area (Å²) < 4.78 is 11.1. The van der Waals surface area contributed by atoms with E-state index >= 15 is 0 Å². The van der Waals surface area contributed by atoms with Crippen molar-refractivity contribution >= 4 is 6.09 Å². The van der Waals surface area contributed by atoms with Gasteiger partial charge in [-0.05, 0) is 48.0 Å². The van der Waals surface area contributed by atoms with E-state index in [4.69, 9.17) is 9.47 Å². The Bertz CT molecular complexity index is 382. The highest BCUT2D eigenvalue weighted by Gasteiger charge is 2.51. The number of hydrogen-bond donors (Lipinski definition) is 1. The van der Waals surface area contributed by atoms with Gasteiger partial charge in [0, 0.05) is 0 Å². The molecule has 5 nitrogen and oxygen atoms in total. The lowest BCUT2D eigenvalue weighted by Gasteiger charge is -2.40. The SMILES string of the molecule is C=CC[C@@](C)(O)[C@@H]1COC(C)(C)N1C(=O)OC(C)(C)C. The molecule has 0 bridgehead atoms. The molecule has 1 heterocycles. The van der Waals surface area contributed by atoms with Gasteiger partial charge in [-0.1, -0.05) is 6.08 Å². The van der Waals surface area contributed by atoms with Crippen LogP contribution in [0.4, 0.5) is 4.79 Å². The second kappa shape index (κ2) is 5.37. The average molecular weight is 285 g/mol. The largest absolute Gasteiger partial charge is 0.444 e. The molecular formula is C15H27NO4. The zero-order valence-electron chi connectivity index (χ0n) is 13.4. The topological polar surface area (TPSA) is 59.0 Å². The molecule has 0 aromatic heterocycles. The van der Waals surface area contributed by atoms with E-state index in [9.17, 15) is 9.90 Å². The molecule has 0 radical (unpaired) electrons. The molecular weight excluding hydrogens is 258 g/mol. The van der Waals surface area contributed by atoms with Gasteiger partial charge in [0.15, 0.2) is 0 Å². The normalized spacial score (nSPS) is 25.1. The highest BCUT2D eigenvalue weighted by Crippen LogP contribution is 2.35. The van der Waals surface area contributed by atoms with E-state index in [1.807, 2.05) is 20.8 Å². The predicted octanol–water partition coefficient (Wildman–Crippen LogP) is 2.69. The summed E-state index contributed by atoms with van der Waals surface area (Å²) in [7, 11) is 0. The first-order chi connectivity index (χ1) is 8.91. The number of rotatable bonds is 3. The molecule has 0 unspecified atom stereocenters. The van der Waals surface area contributed by atoms with Crippen LogP contribution in [-0.4, -0.2) is 45.7 Å². The highest BCUT2D eigenvalue weighted by atomic mass is 16.6. The molecule has 5 heteroatoms. The summed E-state index contributed by atoms with van der Waals surface area (Å²) >= 11 is 0. The summed E-state index contributed by atoms with van der Waals surface area (Å²) in [5.41, 5.74) is -2.50. The van der Waals surface area contributed by atoms with Crippen LogP contribution >= 0.6 is 0 Å². The number of carbonyl (C=O) groups excluding carboxylic acids is 1. The van der Waals surface area contributed by atoms with Crippen molar-refractivity contribution in [3.8, 4) is 0 Å². The van der Waals surface area contributed by atoms with Gasteiger partial charge in [0.05, 0.1) is 18.2 Å². The molecule has 116 valence electrons. The summed E-state index contributed by atoms with van der Waals surface area (Å²) in [4.78, 5) is 13.9. The van der Waals surface area contributed by atoms with Crippen molar-refractivity contribution in [2.75, 3.05) is 6.61 Å². The van der Waals surface area contributed by atoms with E-state index in [0.717, 1.165) is 0 Å². The molecule has 1 amide bonds. The van der Waals surface area contributed by atoms with Crippen LogP contribution in [0.5, 0.6) is 0 Å². The molecule has 1 fully saturated rings. The van der Waals surface area contributed by atoms with E-state index in [1.165, 1.54) is 4.90 Å². The second-order valence-electron chi connectivity index (χ2n) is 6.97. The van der Waals surface area contributed by atoms with Gasteiger partial charge in [0.25, 0.3) is 0 Å². The van der Waals surface area contributed by atoms with E-state index < -0.39 is 29.1 Å². The number of hydrogen-bond acceptors (Lipinski definition) is 4. The minimum absolute atomic E-state index is 0.271. The van der Waals surface area contributed by atoms with Crippen molar-refractivity contribution in [3.63, 3.8) is 0 Å². The van der Waals surface area contributed by atoms with E-state index in [-0.39, 0.29) is 6.61 Å². The van der Waals surface area contributed by atoms with E-state index in [0.29, 0.717) is 6.42 Å². The molecule has 1 rings (SSSR count). The number of nitrogens with zero attached hydrogens (tertiary/aromatic N) is 1. The van der Waals surface area contributed by atoms with Gasteiger partial charge in [0.2, 0.25) is 0 Å². The molecule has 0 aromatic rings. The average Bonchev–Trinajstić information content (AvgIpc) is 2.51. The van der Waals surface area contributed by atoms with Gasteiger partial charge in [-0.15, -0.1) is 6.58 Å². The molecule has 1 aliphatic rings. The predicted molar refractivity (Wildman–Crippen MR) is 77.3 cm³/mol. The summed E-state index contributed by atoms with van der Waals surface area (Å²) in [6.45, 7) is 14.6. The molecule has 0 spiro atoms. The smallest absolute Gasteiger partial charge is 0.413 e. The number of aliphatic hydroxyl groups is 1. The number of ether oxygens (including phenoxy) is 2. The van der Waals surface area contributed by atoms with Crippen LogP contribution in [0.3, 0.4) is 0 Å². The molecule has 0 saturated carbocycles. The second-order valence-corrected chi connectivity index (χ2v) is 6.97. The van der Waals surface area contributed by atoms with Gasteiger partial charge in [0.1, 0.15) is 11.3 Å². The Labute approximate surface area is 121 Å². The zero-order chi connectivity index (χ0) is 15.8. The third-order valence-corrected chi connectivity index (χ3v) is 3.35. The first kappa shape index (κ1) is 17.0. The Morgan fingerprint density at radius 2 is 2.05 bits per heavy atom. The lowest BCUT2D eigenvalue weighted by atomic mass is 9.92. The van der Waals surface area contributed by atoms with Crippen LogP contribution in [0.25, 0.3) is 0 Å². The molecule has 1 aliphatic heterocycles. The molecule has 1 N–H and O–H groups in total. The Morgan fingerprint density at radius 1 is 1.50 bits per heavy atom. The molecule has 0 aromatic carbocycles. The third-order valence-electron chi connectivity index (χ3n) is 3.35. The summed E-state index contributed by atoms with van der Waals surface area (Å²) in [5.74, 6) is 0. The maximum absolute atomic E-state index is 12.4. The fourth-order valence-electron chi connectivity index (χ4n) is 2.35. The van der Waals surface area contributed by atoms with Crippen LogP contribution < -0.4 is 0 Å². The maximum Gasteiger partial charge on any atom is 0.413 e. The zero-order valence-corrected chi connectivity index (χ0v) is 13.4. The molecule has 0 aliphatic carbocycles. The molecule has 1 saturated heterocycles. The molecule has 2 atom stereocenters. The van der Waals surface area contributed by atoms with Crippen molar-refractivity contribution in [1.82, 2.24) is 4.90 Å². The van der Waals surface area contributed by atoms with Crippen molar-refractivity contribution in [1.29, 1.82) is 0 Å². The minimum atomic E-state index is -1.10. The van der Waals surface area contributed by atoms with Crippen LogP contribution in [0.15, 0.2) is 12.7 Å². The van der Waals surface area contributed by atoms with Gasteiger partial charge in [-0.25, -0.2) is 4.79 Å². The van der Waals surface area contributed by atoms with Crippen LogP contribution in [0, 0.1) is 0 Å². The van der Waals surface area contributed by atoms with Crippen LogP contribution in [0.2, 0.25) is 0 Å². The Kier molecular flexibility index (Phi) is 4.56. The first-order valence-corrected chi connectivity index (χ1v) is 6.90. The summed E-state index contributed by atoms with van der Waals surface area (Å²) in [6, 6.07) is -0.467. The summed E-state index contributed by atoms with van der Waals surface area (Å²) in [6.07, 6.45) is 1.53. The van der Waals surface area contributed by atoms with Crippen molar-refractivity contribution in [3.05, 3.63) is 12.7 Å². The van der Waals surface area contributed by atoms with Crippen LogP contribution in [0.1, 0.15) is 48.0 Å². The fourth-order valence-corrected chi connectivity index (χ4v) is 2.35. The van der Waals surface area contributed by atoms with Gasteiger partial charge < -0.3 is 14.6 Å². The van der Waals surface area contributed by atoms with Crippen molar-refractivity contribution in [2.24, 2.45) is 0 Å². The number of carbonyl (C=O) groups is 1. The first-order valence-electron chi connectivity index (χ1n) is 6.90. The van der Waals surface area contributed by atoms with E-state index in [2.05, 4.69) is 6.58 Å². The third kappa shape index (κ3) is 3.73. The fraction of sp³-hybridized carbons (Fsp3) is 0.800. The van der Waals surface area contributed by atoms with Crippen molar-refractivity contribution in [2.45, 2.75) is 70.9 Å². The Hall–Kier alpha value is -1.07. The van der Waals surface area contributed by atoms with Gasteiger partial charge in [-0.3, -0.25) is 4.90 Å². The maximum atomic E-state index is 12.4. The Balaban J connectivity index is 3.02. The summed E-state index contributed by atoms with van der Waals surface area (Å²) in [5, 5.41) is 10.6. The molecule has 20 heavy (non-hydrogen) atoms. The van der Waals surface area contributed by atoms with Crippen molar-refractivity contribution < 1.29 is 19.4 Å². The van der Waals surface area contributed by atoms with E-state index in [1.54, 1.807) is 26.8 Å². The minimum Gasteiger partial charge on any atom is -0.444 e. The lowest BCUT2D eigenvalue weighted by Crippen LogP contribution is -2.57. The lowest BCUT2D eigenvalue weighted by molar-refractivity contribution is -0.0781. The highest BCUT2D eigenvalue weighted by molar-refractivity contribution is 5.70. The standard InChI is InChI=1S/C15H27NO4/c1-8-9-15(7,18)11-10-19-14(5,6)16(11)12(17)20-13(2,3)4/h8,11,18H,1,9-10H2,2-7H3/t11-,15+/m0/s1.